The highest BCUT2D eigenvalue weighted by atomic mass is 79.9. The third-order valence-electron chi connectivity index (χ3n) is 3.70. The highest BCUT2D eigenvalue weighted by molar-refractivity contribution is 9.10. The fourth-order valence-electron chi connectivity index (χ4n) is 2.54. The topological polar surface area (TPSA) is 50.4 Å². The standard InChI is InChI=1S/C16H19BrN2O2/c1-2-8-18-15(20)12-19-16(6-9-21-10-7-16)13-4-3-5-14(17)11-13/h1,3-5,11,19H,6-10,12H2,(H,18,20). The van der Waals surface area contributed by atoms with Crippen LogP contribution in [0.2, 0.25) is 0 Å². The summed E-state index contributed by atoms with van der Waals surface area (Å²) in [7, 11) is 0. The number of carbonyl (C=O) groups is 1. The minimum absolute atomic E-state index is 0.0891. The minimum atomic E-state index is -0.227. The lowest BCUT2D eigenvalue weighted by Gasteiger charge is -2.38. The molecular formula is C16H19BrN2O2. The van der Waals surface area contributed by atoms with Gasteiger partial charge in [0.25, 0.3) is 0 Å². The average molecular weight is 351 g/mol. The molecule has 1 fully saturated rings. The van der Waals surface area contributed by atoms with Crippen LogP contribution in [0.5, 0.6) is 0 Å². The predicted octanol–water partition coefficient (Wildman–Crippen LogP) is 1.79. The van der Waals surface area contributed by atoms with Crippen LogP contribution >= 0.6 is 15.9 Å². The maximum Gasteiger partial charge on any atom is 0.234 e. The van der Waals surface area contributed by atoms with Gasteiger partial charge in [0, 0.05) is 23.2 Å². The number of nitrogens with one attached hydrogen (secondary N) is 2. The Morgan fingerprint density at radius 1 is 1.43 bits per heavy atom. The van der Waals surface area contributed by atoms with Gasteiger partial charge in [-0.05, 0) is 30.5 Å². The lowest BCUT2D eigenvalue weighted by atomic mass is 9.82. The van der Waals surface area contributed by atoms with E-state index in [1.54, 1.807) is 0 Å². The molecule has 112 valence electrons. The largest absolute Gasteiger partial charge is 0.381 e. The first kappa shape index (κ1) is 16.0. The minimum Gasteiger partial charge on any atom is -0.381 e. The molecule has 0 aliphatic carbocycles. The molecular weight excluding hydrogens is 332 g/mol. The second-order valence-electron chi connectivity index (χ2n) is 5.04. The van der Waals surface area contributed by atoms with Crippen molar-refractivity contribution in [1.29, 1.82) is 0 Å². The number of hydrogen-bond donors (Lipinski definition) is 2. The van der Waals surface area contributed by atoms with Crippen LogP contribution in [0.1, 0.15) is 18.4 Å². The summed E-state index contributed by atoms with van der Waals surface area (Å²) in [4.78, 5) is 11.8. The Morgan fingerprint density at radius 2 is 2.19 bits per heavy atom. The van der Waals surface area contributed by atoms with Crippen molar-refractivity contribution in [3.63, 3.8) is 0 Å². The van der Waals surface area contributed by atoms with E-state index in [0.29, 0.717) is 13.2 Å². The molecule has 1 heterocycles. The molecule has 2 rings (SSSR count). The second kappa shape index (κ2) is 7.60. The van der Waals surface area contributed by atoms with Crippen LogP contribution in [0, 0.1) is 12.3 Å². The summed E-state index contributed by atoms with van der Waals surface area (Å²) in [6.45, 7) is 1.87. The van der Waals surface area contributed by atoms with E-state index in [9.17, 15) is 4.79 Å². The number of halogens is 1. The van der Waals surface area contributed by atoms with Gasteiger partial charge < -0.3 is 10.1 Å². The van der Waals surface area contributed by atoms with Gasteiger partial charge in [-0.2, -0.15) is 0 Å². The zero-order chi connectivity index (χ0) is 15.1. The van der Waals surface area contributed by atoms with E-state index >= 15 is 0 Å². The molecule has 0 radical (unpaired) electrons. The number of amides is 1. The molecule has 21 heavy (non-hydrogen) atoms. The van der Waals surface area contributed by atoms with Crippen LogP contribution in [0.4, 0.5) is 0 Å². The van der Waals surface area contributed by atoms with Gasteiger partial charge in [0.05, 0.1) is 13.1 Å². The van der Waals surface area contributed by atoms with Crippen molar-refractivity contribution in [2.45, 2.75) is 18.4 Å². The summed E-state index contributed by atoms with van der Waals surface area (Å²) in [5, 5.41) is 6.08. The molecule has 1 aromatic rings. The van der Waals surface area contributed by atoms with Crippen molar-refractivity contribution >= 4 is 21.8 Å². The fourth-order valence-corrected chi connectivity index (χ4v) is 2.93. The van der Waals surface area contributed by atoms with E-state index in [4.69, 9.17) is 11.2 Å². The molecule has 0 unspecified atom stereocenters. The summed E-state index contributed by atoms with van der Waals surface area (Å²) in [6, 6.07) is 8.19. The van der Waals surface area contributed by atoms with E-state index in [2.05, 4.69) is 44.6 Å². The molecule has 1 aromatic carbocycles. The van der Waals surface area contributed by atoms with Gasteiger partial charge in [-0.15, -0.1) is 6.42 Å². The molecule has 0 atom stereocenters. The van der Waals surface area contributed by atoms with Gasteiger partial charge in [-0.3, -0.25) is 10.1 Å². The van der Waals surface area contributed by atoms with Crippen LogP contribution in [0.25, 0.3) is 0 Å². The third-order valence-corrected chi connectivity index (χ3v) is 4.19. The Bertz CT molecular complexity index is 533. The maximum absolute atomic E-state index is 11.8. The highest BCUT2D eigenvalue weighted by Gasteiger charge is 2.34. The molecule has 5 heteroatoms. The van der Waals surface area contributed by atoms with Crippen molar-refractivity contribution in [1.82, 2.24) is 10.6 Å². The monoisotopic (exact) mass is 350 g/mol. The van der Waals surface area contributed by atoms with E-state index in [1.807, 2.05) is 12.1 Å². The predicted molar refractivity (Wildman–Crippen MR) is 85.7 cm³/mol. The van der Waals surface area contributed by atoms with Gasteiger partial charge >= 0.3 is 0 Å². The van der Waals surface area contributed by atoms with Gasteiger partial charge in [0.1, 0.15) is 0 Å². The highest BCUT2D eigenvalue weighted by Crippen LogP contribution is 2.33. The molecule has 1 aliphatic rings. The lowest BCUT2D eigenvalue weighted by Crippen LogP contribution is -2.50. The van der Waals surface area contributed by atoms with Crippen LogP contribution < -0.4 is 10.6 Å². The number of benzene rings is 1. The molecule has 0 saturated carbocycles. The van der Waals surface area contributed by atoms with Crippen molar-refractivity contribution in [2.24, 2.45) is 0 Å². The normalized spacial score (nSPS) is 17.0. The number of ether oxygens (including phenoxy) is 1. The van der Waals surface area contributed by atoms with Crippen molar-refractivity contribution in [3.8, 4) is 12.3 Å². The van der Waals surface area contributed by atoms with Gasteiger partial charge in [-0.1, -0.05) is 34.0 Å². The van der Waals surface area contributed by atoms with Crippen LogP contribution in [0.3, 0.4) is 0 Å². The first-order valence-electron chi connectivity index (χ1n) is 6.95. The summed E-state index contributed by atoms with van der Waals surface area (Å²) in [6.07, 6.45) is 6.82. The molecule has 2 N–H and O–H groups in total. The third kappa shape index (κ3) is 4.31. The number of carbonyl (C=O) groups excluding carboxylic acids is 1. The van der Waals surface area contributed by atoms with Crippen LogP contribution in [-0.4, -0.2) is 32.2 Å². The molecule has 0 bridgehead atoms. The zero-order valence-corrected chi connectivity index (χ0v) is 13.4. The SMILES string of the molecule is C#CCNC(=O)CNC1(c2cccc(Br)c2)CCOCC1. The summed E-state index contributed by atoms with van der Waals surface area (Å²) in [5.41, 5.74) is 0.945. The van der Waals surface area contributed by atoms with E-state index in [0.717, 1.165) is 17.3 Å². The average Bonchev–Trinajstić information content (AvgIpc) is 2.52. The Hall–Kier alpha value is -1.35. The molecule has 1 amide bonds. The fraction of sp³-hybridized carbons (Fsp3) is 0.438. The van der Waals surface area contributed by atoms with Gasteiger partial charge in [0.2, 0.25) is 5.91 Å². The smallest absolute Gasteiger partial charge is 0.234 e. The summed E-state index contributed by atoms with van der Waals surface area (Å²) in [5.74, 6) is 2.31. The molecule has 1 aliphatic heterocycles. The van der Waals surface area contributed by atoms with Gasteiger partial charge in [-0.25, -0.2) is 0 Å². The second-order valence-corrected chi connectivity index (χ2v) is 5.95. The Kier molecular flexibility index (Phi) is 5.80. The maximum atomic E-state index is 11.8. The number of rotatable bonds is 5. The molecule has 0 aromatic heterocycles. The Balaban J connectivity index is 2.10. The lowest BCUT2D eigenvalue weighted by molar-refractivity contribution is -0.120. The Morgan fingerprint density at radius 3 is 2.86 bits per heavy atom. The molecule has 4 nitrogen and oxygen atoms in total. The van der Waals surface area contributed by atoms with E-state index in [1.165, 1.54) is 5.56 Å². The van der Waals surface area contributed by atoms with Crippen molar-refractivity contribution in [3.05, 3.63) is 34.3 Å². The molecule has 0 spiro atoms. The summed E-state index contributed by atoms with van der Waals surface area (Å²) >= 11 is 3.51. The van der Waals surface area contributed by atoms with Gasteiger partial charge in [0.15, 0.2) is 0 Å². The quantitative estimate of drug-likeness (QED) is 0.796. The number of terminal acetylenes is 1. The van der Waals surface area contributed by atoms with E-state index in [-0.39, 0.29) is 24.5 Å². The number of hydrogen-bond acceptors (Lipinski definition) is 3. The molecule has 1 saturated heterocycles. The first-order chi connectivity index (χ1) is 10.2. The zero-order valence-electron chi connectivity index (χ0n) is 11.8. The Labute approximate surface area is 133 Å². The van der Waals surface area contributed by atoms with E-state index < -0.39 is 0 Å². The van der Waals surface area contributed by atoms with Crippen molar-refractivity contribution < 1.29 is 9.53 Å². The van der Waals surface area contributed by atoms with Crippen LogP contribution in [0.15, 0.2) is 28.7 Å². The van der Waals surface area contributed by atoms with Crippen molar-refractivity contribution in [2.75, 3.05) is 26.3 Å². The summed E-state index contributed by atoms with van der Waals surface area (Å²) < 4.78 is 6.50. The first-order valence-corrected chi connectivity index (χ1v) is 7.74. The van der Waals surface area contributed by atoms with Crippen LogP contribution in [-0.2, 0) is 15.1 Å².